The summed E-state index contributed by atoms with van der Waals surface area (Å²) in [6.07, 6.45) is 7.17. The third-order valence-electron chi connectivity index (χ3n) is 5.08. The lowest BCUT2D eigenvalue weighted by atomic mass is 9.85. The Labute approximate surface area is 165 Å². The first-order chi connectivity index (χ1) is 13.1. The average molecular weight is 379 g/mol. The van der Waals surface area contributed by atoms with Gasteiger partial charge in [-0.05, 0) is 49.6 Å². The van der Waals surface area contributed by atoms with Gasteiger partial charge in [-0.3, -0.25) is 0 Å². The van der Waals surface area contributed by atoms with Gasteiger partial charge in [0, 0.05) is 19.6 Å². The van der Waals surface area contributed by atoms with E-state index < -0.39 is 5.60 Å². The predicted molar refractivity (Wildman–Crippen MR) is 111 cm³/mol. The first-order valence-electron chi connectivity index (χ1n) is 10.3. The van der Waals surface area contributed by atoms with Gasteiger partial charge in [0.05, 0.1) is 19.3 Å². The number of carbonyl (C=O) groups excluding carboxylic acids is 1. The summed E-state index contributed by atoms with van der Waals surface area (Å²) in [6.45, 7) is 7.13. The maximum absolute atomic E-state index is 10.0. The molecule has 1 heterocycles. The minimum Gasteiger partial charge on any atom is -0.497 e. The number of methoxy groups -OCH3 is 1. The van der Waals surface area contributed by atoms with E-state index in [4.69, 9.17) is 4.74 Å². The highest BCUT2D eigenvalue weighted by Gasteiger charge is 2.28. The van der Waals surface area contributed by atoms with Gasteiger partial charge in [0.15, 0.2) is 0 Å². The smallest absolute Gasteiger partial charge is 0.133 e. The molecule has 1 saturated carbocycles. The molecule has 1 aliphatic heterocycles. The number of rotatable bonds is 5. The van der Waals surface area contributed by atoms with E-state index in [1.807, 2.05) is 19.9 Å². The molecule has 27 heavy (non-hydrogen) atoms. The molecule has 5 nitrogen and oxygen atoms in total. The van der Waals surface area contributed by atoms with Gasteiger partial charge in [0.1, 0.15) is 12.0 Å². The number of ether oxygens (including phenoxy) is 1. The standard InChI is InChI=1S/C11H15NO.C9H17NO2.C2H6/c1-12-6-5-9-7-11(13-2)4-3-10(9)8-12;11-7-6-10-8-9(12)4-2-1-3-5-9;1-2/h3-4,7H,5-6,8H2,1-2H3;7,10,12H,1-6,8H2;1-2H3. The van der Waals surface area contributed by atoms with E-state index in [-0.39, 0.29) is 0 Å². The molecule has 154 valence electrons. The van der Waals surface area contributed by atoms with Gasteiger partial charge in [-0.25, -0.2) is 0 Å². The van der Waals surface area contributed by atoms with Crippen LogP contribution in [0.25, 0.3) is 0 Å². The highest BCUT2D eigenvalue weighted by Crippen LogP contribution is 2.27. The number of aliphatic hydroxyl groups is 1. The van der Waals surface area contributed by atoms with Crippen LogP contribution in [-0.2, 0) is 17.8 Å². The Morgan fingerprint density at radius 2 is 1.93 bits per heavy atom. The molecule has 0 unspecified atom stereocenters. The topological polar surface area (TPSA) is 61.8 Å². The van der Waals surface area contributed by atoms with Gasteiger partial charge in [0.2, 0.25) is 0 Å². The maximum atomic E-state index is 10.0. The van der Waals surface area contributed by atoms with E-state index in [1.54, 1.807) is 7.11 Å². The SMILES string of the molecule is CC.COc1ccc2c(c1)CCN(C)C2.O=CCNCC1(O)CCCCC1. The summed E-state index contributed by atoms with van der Waals surface area (Å²) < 4.78 is 5.19. The van der Waals surface area contributed by atoms with E-state index in [9.17, 15) is 9.90 Å². The fraction of sp³-hybridized carbons (Fsp3) is 0.682. The normalized spacial score (nSPS) is 18.1. The summed E-state index contributed by atoms with van der Waals surface area (Å²) in [5, 5.41) is 12.8. The predicted octanol–water partition coefficient (Wildman–Crippen LogP) is 3.18. The molecule has 0 atom stereocenters. The highest BCUT2D eigenvalue weighted by atomic mass is 16.5. The molecule has 0 spiro atoms. The summed E-state index contributed by atoms with van der Waals surface area (Å²) in [6, 6.07) is 6.37. The monoisotopic (exact) mass is 378 g/mol. The lowest BCUT2D eigenvalue weighted by Gasteiger charge is -2.31. The number of aldehydes is 1. The molecule has 1 aromatic carbocycles. The Hall–Kier alpha value is -1.43. The maximum Gasteiger partial charge on any atom is 0.133 e. The van der Waals surface area contributed by atoms with Crippen molar-refractivity contribution in [1.29, 1.82) is 0 Å². The number of benzene rings is 1. The summed E-state index contributed by atoms with van der Waals surface area (Å²) in [5.41, 5.74) is 2.34. The van der Waals surface area contributed by atoms with Crippen LogP contribution in [0.5, 0.6) is 5.75 Å². The third-order valence-corrected chi connectivity index (χ3v) is 5.08. The molecule has 0 saturated heterocycles. The summed E-state index contributed by atoms with van der Waals surface area (Å²) >= 11 is 0. The van der Waals surface area contributed by atoms with Crippen LogP contribution >= 0.6 is 0 Å². The largest absolute Gasteiger partial charge is 0.497 e. The molecule has 0 bridgehead atoms. The number of hydrogen-bond donors (Lipinski definition) is 2. The summed E-state index contributed by atoms with van der Waals surface area (Å²) in [5.74, 6) is 0.975. The molecule has 0 radical (unpaired) electrons. The van der Waals surface area contributed by atoms with E-state index in [0.717, 1.165) is 57.2 Å². The van der Waals surface area contributed by atoms with Crippen LogP contribution in [0.15, 0.2) is 18.2 Å². The summed E-state index contributed by atoms with van der Waals surface area (Å²) in [7, 11) is 3.88. The quantitative estimate of drug-likeness (QED) is 0.609. The van der Waals surface area contributed by atoms with Crippen molar-refractivity contribution in [3.63, 3.8) is 0 Å². The molecule has 1 fully saturated rings. The van der Waals surface area contributed by atoms with Gasteiger partial charge in [0.25, 0.3) is 0 Å². The molecule has 2 N–H and O–H groups in total. The second-order valence-electron chi connectivity index (χ2n) is 7.20. The van der Waals surface area contributed by atoms with Gasteiger partial charge < -0.3 is 24.9 Å². The molecule has 0 amide bonds. The number of likely N-dealkylation sites (N-methyl/N-ethyl adjacent to an activating group) is 1. The highest BCUT2D eigenvalue weighted by molar-refractivity contribution is 5.51. The van der Waals surface area contributed by atoms with Crippen molar-refractivity contribution in [2.45, 2.75) is 64.5 Å². The first kappa shape index (κ1) is 23.6. The Bertz CT molecular complexity index is 542. The molecular formula is C22H38N2O3. The van der Waals surface area contributed by atoms with Crippen LogP contribution < -0.4 is 10.1 Å². The molecular weight excluding hydrogens is 340 g/mol. The van der Waals surface area contributed by atoms with Crippen molar-refractivity contribution in [2.24, 2.45) is 0 Å². The molecule has 2 aliphatic rings. The van der Waals surface area contributed by atoms with Crippen molar-refractivity contribution in [2.75, 3.05) is 33.8 Å². The van der Waals surface area contributed by atoms with Crippen molar-refractivity contribution in [3.8, 4) is 5.75 Å². The Morgan fingerprint density at radius 1 is 1.22 bits per heavy atom. The first-order valence-corrected chi connectivity index (χ1v) is 10.3. The second-order valence-corrected chi connectivity index (χ2v) is 7.20. The van der Waals surface area contributed by atoms with Crippen LogP contribution in [0.2, 0.25) is 0 Å². The van der Waals surface area contributed by atoms with Crippen LogP contribution in [0.3, 0.4) is 0 Å². The number of hydrogen-bond acceptors (Lipinski definition) is 5. The van der Waals surface area contributed by atoms with Crippen molar-refractivity contribution in [1.82, 2.24) is 10.2 Å². The van der Waals surface area contributed by atoms with Crippen molar-refractivity contribution < 1.29 is 14.6 Å². The lowest BCUT2D eigenvalue weighted by Crippen LogP contribution is -2.42. The van der Waals surface area contributed by atoms with Gasteiger partial charge in [-0.15, -0.1) is 0 Å². The lowest BCUT2D eigenvalue weighted by molar-refractivity contribution is -0.107. The van der Waals surface area contributed by atoms with Gasteiger partial charge in [-0.2, -0.15) is 0 Å². The van der Waals surface area contributed by atoms with Crippen molar-refractivity contribution in [3.05, 3.63) is 29.3 Å². The minimum absolute atomic E-state index is 0.350. The van der Waals surface area contributed by atoms with Crippen LogP contribution in [0, 0.1) is 0 Å². The molecule has 5 heteroatoms. The van der Waals surface area contributed by atoms with E-state index in [1.165, 1.54) is 17.5 Å². The minimum atomic E-state index is -0.540. The average Bonchev–Trinajstić information content (AvgIpc) is 2.70. The zero-order valence-electron chi connectivity index (χ0n) is 17.6. The zero-order valence-corrected chi connectivity index (χ0v) is 17.6. The van der Waals surface area contributed by atoms with Crippen LogP contribution in [0.4, 0.5) is 0 Å². The van der Waals surface area contributed by atoms with Crippen molar-refractivity contribution >= 4 is 6.29 Å². The fourth-order valence-corrected chi connectivity index (χ4v) is 3.55. The molecule has 1 aliphatic carbocycles. The van der Waals surface area contributed by atoms with Crippen LogP contribution in [0.1, 0.15) is 57.1 Å². The number of nitrogens with zero attached hydrogens (tertiary/aromatic N) is 1. The van der Waals surface area contributed by atoms with Gasteiger partial charge >= 0.3 is 0 Å². The van der Waals surface area contributed by atoms with E-state index in [0.29, 0.717) is 13.1 Å². The zero-order chi connectivity index (χ0) is 20.1. The molecule has 1 aromatic rings. The molecule has 3 rings (SSSR count). The van der Waals surface area contributed by atoms with E-state index in [2.05, 4.69) is 29.4 Å². The Morgan fingerprint density at radius 3 is 2.56 bits per heavy atom. The fourth-order valence-electron chi connectivity index (χ4n) is 3.55. The number of fused-ring (bicyclic) bond motifs is 1. The number of nitrogens with one attached hydrogen (secondary N) is 1. The Kier molecular flexibility index (Phi) is 11.3. The van der Waals surface area contributed by atoms with Crippen LogP contribution in [-0.4, -0.2) is 55.7 Å². The van der Waals surface area contributed by atoms with E-state index >= 15 is 0 Å². The number of carbonyl (C=O) groups is 1. The molecule has 0 aromatic heterocycles. The summed E-state index contributed by atoms with van der Waals surface area (Å²) in [4.78, 5) is 12.3. The Balaban J connectivity index is 0.000000248. The second kappa shape index (κ2) is 12.9. The third kappa shape index (κ3) is 8.41. The van der Waals surface area contributed by atoms with Gasteiger partial charge in [-0.1, -0.05) is 39.2 Å².